The first-order valence-corrected chi connectivity index (χ1v) is 8.20. The molecule has 0 aliphatic rings. The van der Waals surface area contributed by atoms with Crippen molar-refractivity contribution in [1.29, 1.82) is 0 Å². The highest BCUT2D eigenvalue weighted by Crippen LogP contribution is 2.22. The van der Waals surface area contributed by atoms with Crippen molar-refractivity contribution in [3.05, 3.63) is 65.1 Å². The minimum atomic E-state index is 0.127. The maximum Gasteiger partial charge on any atom is 0.129 e. The summed E-state index contributed by atoms with van der Waals surface area (Å²) >= 11 is 5.96. The van der Waals surface area contributed by atoms with Crippen molar-refractivity contribution in [2.45, 2.75) is 0 Å². The van der Waals surface area contributed by atoms with Crippen molar-refractivity contribution in [1.82, 2.24) is 9.97 Å². The Morgan fingerprint density at radius 2 is 2.12 bits per heavy atom. The Balaban J connectivity index is 1.93. The predicted octanol–water partition coefficient (Wildman–Crippen LogP) is 3.44. The zero-order chi connectivity index (χ0) is 18.5. The van der Waals surface area contributed by atoms with E-state index in [4.69, 9.17) is 22.1 Å². The van der Waals surface area contributed by atoms with E-state index < -0.39 is 0 Å². The van der Waals surface area contributed by atoms with Crippen LogP contribution in [0.15, 0.2) is 59.4 Å². The first-order chi connectivity index (χ1) is 12.6. The number of fused-ring (bicyclic) bond motifs is 1. The highest BCUT2D eigenvalue weighted by Gasteiger charge is 2.09. The molecule has 2 heterocycles. The van der Waals surface area contributed by atoms with Crippen LogP contribution in [0.2, 0.25) is 5.15 Å². The predicted molar refractivity (Wildman–Crippen MR) is 104 cm³/mol. The Kier molecular flexibility index (Phi) is 5.34. The number of nitrogens with zero attached hydrogens (tertiary/aromatic N) is 3. The molecule has 0 saturated carbocycles. The molecule has 26 heavy (non-hydrogen) atoms. The van der Waals surface area contributed by atoms with Gasteiger partial charge in [-0.05, 0) is 30.3 Å². The average Bonchev–Trinajstić information content (AvgIpc) is 2.63. The first-order valence-electron chi connectivity index (χ1n) is 7.82. The van der Waals surface area contributed by atoms with Gasteiger partial charge >= 0.3 is 0 Å². The number of ether oxygens (including phenoxy) is 1. The van der Waals surface area contributed by atoms with Gasteiger partial charge in [0.1, 0.15) is 23.3 Å². The third-order valence-corrected chi connectivity index (χ3v) is 3.84. The van der Waals surface area contributed by atoms with E-state index in [1.165, 1.54) is 6.07 Å². The van der Waals surface area contributed by atoms with Gasteiger partial charge in [0.15, 0.2) is 0 Å². The maximum atomic E-state index is 9.50. The van der Waals surface area contributed by atoms with Gasteiger partial charge in [0, 0.05) is 36.7 Å². The zero-order valence-corrected chi connectivity index (χ0v) is 14.8. The molecule has 3 N–H and O–H groups in total. The number of rotatable bonds is 5. The van der Waals surface area contributed by atoms with Gasteiger partial charge in [-0.2, -0.15) is 0 Å². The quantitative estimate of drug-likeness (QED) is 0.531. The normalized spacial score (nSPS) is 12.4. The smallest absolute Gasteiger partial charge is 0.129 e. The summed E-state index contributed by atoms with van der Waals surface area (Å²) in [6.45, 7) is 0.131. The number of aromatic hydroxyl groups is 1. The van der Waals surface area contributed by atoms with Gasteiger partial charge in [-0.25, -0.2) is 4.98 Å². The fourth-order valence-corrected chi connectivity index (χ4v) is 2.57. The van der Waals surface area contributed by atoms with Crippen molar-refractivity contribution < 1.29 is 9.84 Å². The molecule has 2 aromatic heterocycles. The number of phenols is 1. The summed E-state index contributed by atoms with van der Waals surface area (Å²) in [7, 11) is 1.66. The average molecular weight is 369 g/mol. The van der Waals surface area contributed by atoms with E-state index in [1.807, 2.05) is 6.07 Å². The summed E-state index contributed by atoms with van der Waals surface area (Å²) in [6.07, 6.45) is 3.35. The Morgan fingerprint density at radius 1 is 1.27 bits per heavy atom. The van der Waals surface area contributed by atoms with E-state index in [9.17, 15) is 5.11 Å². The number of aliphatic imine (C=N–C) groups is 1. The summed E-state index contributed by atoms with van der Waals surface area (Å²) in [5.74, 6) is 0.646. The number of nitrogens with two attached hydrogens (primary N) is 1. The Hall–Kier alpha value is -3.12. The second-order valence-electron chi connectivity index (χ2n) is 5.51. The van der Waals surface area contributed by atoms with Crippen LogP contribution in [0.3, 0.4) is 0 Å². The van der Waals surface area contributed by atoms with E-state index >= 15 is 0 Å². The first kappa shape index (κ1) is 17.7. The van der Waals surface area contributed by atoms with Crippen molar-refractivity contribution in [2.75, 3.05) is 13.7 Å². The molecule has 0 atom stereocenters. The van der Waals surface area contributed by atoms with Gasteiger partial charge in [0.2, 0.25) is 0 Å². The number of benzene rings is 1. The highest BCUT2D eigenvalue weighted by molar-refractivity contribution is 6.29. The molecular weight excluding hydrogens is 352 g/mol. The van der Waals surface area contributed by atoms with Crippen LogP contribution in [-0.4, -0.2) is 34.9 Å². The molecule has 0 saturated heterocycles. The fourth-order valence-electron chi connectivity index (χ4n) is 2.41. The van der Waals surface area contributed by atoms with Crippen LogP contribution in [0.25, 0.3) is 16.6 Å². The molecule has 132 valence electrons. The Bertz CT molecular complexity index is 1000. The molecule has 3 aromatic rings. The van der Waals surface area contributed by atoms with E-state index in [2.05, 4.69) is 15.0 Å². The lowest BCUT2D eigenvalue weighted by atomic mass is 10.1. The number of halogens is 1. The van der Waals surface area contributed by atoms with Gasteiger partial charge in [-0.15, -0.1) is 0 Å². The third-order valence-electron chi connectivity index (χ3n) is 3.63. The second kappa shape index (κ2) is 7.84. The van der Waals surface area contributed by atoms with Gasteiger partial charge in [0.05, 0.1) is 16.7 Å². The van der Waals surface area contributed by atoms with E-state index in [0.717, 1.165) is 11.1 Å². The summed E-state index contributed by atoms with van der Waals surface area (Å²) in [5, 5.41) is 9.90. The van der Waals surface area contributed by atoms with Crippen LogP contribution in [-0.2, 0) is 0 Å². The van der Waals surface area contributed by atoms with Crippen molar-refractivity contribution in [3.8, 4) is 11.5 Å². The van der Waals surface area contributed by atoms with Crippen LogP contribution < -0.4 is 10.5 Å². The molecule has 0 aliphatic carbocycles. The summed E-state index contributed by atoms with van der Waals surface area (Å²) in [6, 6.07) is 11.9. The topological polar surface area (TPSA) is 93.6 Å². The largest absolute Gasteiger partial charge is 0.508 e. The molecule has 7 heteroatoms. The number of pyridine rings is 2. The second-order valence-corrected chi connectivity index (χ2v) is 5.90. The monoisotopic (exact) mass is 368 g/mol. The van der Waals surface area contributed by atoms with E-state index in [-0.39, 0.29) is 12.4 Å². The lowest BCUT2D eigenvalue weighted by Crippen LogP contribution is -2.13. The van der Waals surface area contributed by atoms with Crippen LogP contribution in [0.5, 0.6) is 11.5 Å². The maximum absolute atomic E-state index is 9.50. The number of allylic oxidation sites excluding steroid dienone is 1. The van der Waals surface area contributed by atoms with Crippen molar-refractivity contribution in [2.24, 2.45) is 10.7 Å². The lowest BCUT2D eigenvalue weighted by molar-refractivity contribution is 0.348. The molecule has 0 spiro atoms. The molecule has 1 aromatic carbocycles. The SMILES string of the molecule is CN=CC(=C(N)COc1cccc(O)c1)c1cnc2ccc(Cl)nc2c1. The molecule has 0 bridgehead atoms. The minimum absolute atomic E-state index is 0.127. The minimum Gasteiger partial charge on any atom is -0.508 e. The van der Waals surface area contributed by atoms with Gasteiger partial charge in [-0.3, -0.25) is 9.98 Å². The van der Waals surface area contributed by atoms with Gasteiger partial charge in [-0.1, -0.05) is 17.7 Å². The standard InChI is InChI=1S/C19H17ClN4O2/c1-22-10-15(16(21)11-26-14-4-2-3-13(25)8-14)12-7-18-17(23-9-12)5-6-19(20)24-18/h2-10,25H,11,21H2,1H3. The van der Waals surface area contributed by atoms with Crippen LogP contribution in [0.4, 0.5) is 0 Å². The van der Waals surface area contributed by atoms with Crippen LogP contribution in [0.1, 0.15) is 5.56 Å². The van der Waals surface area contributed by atoms with Gasteiger partial charge in [0.25, 0.3) is 0 Å². The van der Waals surface area contributed by atoms with Crippen LogP contribution in [0, 0.1) is 0 Å². The van der Waals surface area contributed by atoms with Gasteiger partial charge < -0.3 is 15.6 Å². The molecule has 6 nitrogen and oxygen atoms in total. The number of aromatic nitrogens is 2. The summed E-state index contributed by atoms with van der Waals surface area (Å²) < 4.78 is 5.64. The fraction of sp³-hybridized carbons (Fsp3) is 0.105. The molecule has 0 unspecified atom stereocenters. The summed E-state index contributed by atoms with van der Waals surface area (Å²) in [5.41, 5.74) is 9.54. The Morgan fingerprint density at radius 3 is 2.88 bits per heavy atom. The molecule has 0 aliphatic heterocycles. The number of phenolic OH excluding ortho intramolecular Hbond substituents is 1. The highest BCUT2D eigenvalue weighted by atomic mass is 35.5. The zero-order valence-electron chi connectivity index (χ0n) is 14.1. The Labute approximate surface area is 155 Å². The lowest BCUT2D eigenvalue weighted by Gasteiger charge is -2.11. The van der Waals surface area contributed by atoms with E-state index in [1.54, 1.807) is 49.8 Å². The number of hydrogen-bond donors (Lipinski definition) is 2. The molecular formula is C19H17ClN4O2. The number of hydrogen-bond acceptors (Lipinski definition) is 6. The molecule has 3 rings (SSSR count). The van der Waals surface area contributed by atoms with Crippen molar-refractivity contribution in [3.63, 3.8) is 0 Å². The molecule has 0 radical (unpaired) electrons. The molecule has 0 fully saturated rings. The third kappa shape index (κ3) is 4.10. The summed E-state index contributed by atoms with van der Waals surface area (Å²) in [4.78, 5) is 12.7. The van der Waals surface area contributed by atoms with Crippen molar-refractivity contribution >= 4 is 34.4 Å². The molecule has 0 amide bonds. The van der Waals surface area contributed by atoms with E-state index in [0.29, 0.717) is 27.7 Å². The van der Waals surface area contributed by atoms with Crippen LogP contribution >= 0.6 is 11.6 Å².